The van der Waals surface area contributed by atoms with Crippen molar-refractivity contribution in [3.05, 3.63) is 58.2 Å². The van der Waals surface area contributed by atoms with Crippen LogP contribution in [-0.2, 0) is 6.42 Å². The summed E-state index contributed by atoms with van der Waals surface area (Å²) in [6.07, 6.45) is 10.6. The molecule has 0 amide bonds. The summed E-state index contributed by atoms with van der Waals surface area (Å²) in [6.45, 7) is 0. The second kappa shape index (κ2) is 2.52. The molecule has 3 aliphatic carbocycles. The van der Waals surface area contributed by atoms with Gasteiger partial charge in [0, 0.05) is 0 Å². The average molecular weight is 192 g/mol. The van der Waals surface area contributed by atoms with Crippen LogP contribution in [0, 0.1) is 0 Å². The molecular formula is C15H12. The third-order valence-corrected chi connectivity index (χ3v) is 3.74. The Morgan fingerprint density at radius 1 is 1.07 bits per heavy atom. The molecule has 0 spiro atoms. The Morgan fingerprint density at radius 3 is 3.07 bits per heavy atom. The van der Waals surface area contributed by atoms with Gasteiger partial charge in [-0.15, -0.1) is 0 Å². The summed E-state index contributed by atoms with van der Waals surface area (Å²) in [6, 6.07) is 6.73. The van der Waals surface area contributed by atoms with Crippen LogP contribution in [0.3, 0.4) is 0 Å². The molecule has 0 atom stereocenters. The molecule has 0 saturated carbocycles. The molecule has 0 aliphatic heterocycles. The zero-order valence-corrected chi connectivity index (χ0v) is 8.59. The molecule has 3 aliphatic rings. The number of allylic oxidation sites excluding steroid dienone is 5. The minimum Gasteiger partial charge on any atom is -0.0798 e. The Kier molecular flexibility index (Phi) is 1.29. The summed E-state index contributed by atoms with van der Waals surface area (Å²) in [7, 11) is 0. The molecule has 0 fully saturated rings. The largest absolute Gasteiger partial charge is 0.0798 e. The maximum absolute atomic E-state index is 2.34. The van der Waals surface area contributed by atoms with E-state index in [1.54, 1.807) is 16.7 Å². The van der Waals surface area contributed by atoms with Gasteiger partial charge in [-0.1, -0.05) is 35.9 Å². The molecule has 0 nitrogen and oxygen atoms in total. The average Bonchev–Trinajstić information content (AvgIpc) is 2.66. The van der Waals surface area contributed by atoms with Gasteiger partial charge in [-0.05, 0) is 53.2 Å². The van der Waals surface area contributed by atoms with E-state index in [-0.39, 0.29) is 0 Å². The van der Waals surface area contributed by atoms with Crippen LogP contribution in [0.1, 0.15) is 29.5 Å². The molecule has 0 aromatic heterocycles. The number of rotatable bonds is 0. The SMILES string of the molecule is C1=CC2=Cc3cccc4c3C2=C(C1)CC4. The highest BCUT2D eigenvalue weighted by atomic mass is 14.3. The minimum absolute atomic E-state index is 1.17. The highest BCUT2D eigenvalue weighted by Gasteiger charge is 2.27. The summed E-state index contributed by atoms with van der Waals surface area (Å²) in [5.74, 6) is 0. The standard InChI is InChI=1S/C15H12/c1-3-10-7-8-11-4-2-6-13-9-12(5-1)14(10)15(11)13/h1-3,5-6,9H,4,7-8H2. The fourth-order valence-electron chi connectivity index (χ4n) is 3.09. The van der Waals surface area contributed by atoms with Crippen molar-refractivity contribution in [2.75, 3.05) is 0 Å². The van der Waals surface area contributed by atoms with Crippen molar-refractivity contribution in [3.8, 4) is 0 Å². The van der Waals surface area contributed by atoms with Gasteiger partial charge in [0.1, 0.15) is 0 Å². The topological polar surface area (TPSA) is 0 Å². The van der Waals surface area contributed by atoms with Crippen LogP contribution in [0.5, 0.6) is 0 Å². The molecule has 4 rings (SSSR count). The molecule has 72 valence electrons. The summed E-state index contributed by atoms with van der Waals surface area (Å²) < 4.78 is 0. The van der Waals surface area contributed by atoms with Gasteiger partial charge in [-0.25, -0.2) is 0 Å². The molecule has 1 aromatic rings. The van der Waals surface area contributed by atoms with E-state index in [1.165, 1.54) is 36.0 Å². The molecule has 0 heterocycles. The van der Waals surface area contributed by atoms with Crippen molar-refractivity contribution in [3.63, 3.8) is 0 Å². The molecule has 0 saturated heterocycles. The van der Waals surface area contributed by atoms with E-state index in [0.29, 0.717) is 0 Å². The van der Waals surface area contributed by atoms with E-state index in [2.05, 4.69) is 36.4 Å². The van der Waals surface area contributed by atoms with Crippen LogP contribution in [-0.4, -0.2) is 0 Å². The number of benzene rings is 1. The van der Waals surface area contributed by atoms with Crippen LogP contribution >= 0.6 is 0 Å². The van der Waals surface area contributed by atoms with Crippen molar-refractivity contribution in [2.24, 2.45) is 0 Å². The molecule has 0 unspecified atom stereocenters. The number of aryl methyl sites for hydroxylation is 1. The Labute approximate surface area is 89.6 Å². The van der Waals surface area contributed by atoms with E-state index in [1.807, 2.05) is 0 Å². The lowest BCUT2D eigenvalue weighted by Gasteiger charge is -2.23. The second-order valence-electron chi connectivity index (χ2n) is 4.57. The van der Waals surface area contributed by atoms with Gasteiger partial charge < -0.3 is 0 Å². The molecule has 0 N–H and O–H groups in total. The predicted molar refractivity (Wildman–Crippen MR) is 63.4 cm³/mol. The first-order chi connectivity index (χ1) is 7.43. The van der Waals surface area contributed by atoms with Crippen molar-refractivity contribution in [2.45, 2.75) is 19.3 Å². The van der Waals surface area contributed by atoms with Gasteiger partial charge in [0.2, 0.25) is 0 Å². The fraction of sp³-hybridized carbons (Fsp3) is 0.200. The van der Waals surface area contributed by atoms with Gasteiger partial charge in [-0.2, -0.15) is 0 Å². The minimum atomic E-state index is 1.17. The van der Waals surface area contributed by atoms with Crippen molar-refractivity contribution in [1.82, 2.24) is 0 Å². The zero-order chi connectivity index (χ0) is 9.83. The zero-order valence-electron chi connectivity index (χ0n) is 8.59. The van der Waals surface area contributed by atoms with Gasteiger partial charge in [0.05, 0.1) is 0 Å². The Balaban J connectivity index is 2.13. The first kappa shape index (κ1) is 7.70. The second-order valence-corrected chi connectivity index (χ2v) is 4.57. The lowest BCUT2D eigenvalue weighted by atomic mass is 9.81. The van der Waals surface area contributed by atoms with Crippen LogP contribution in [0.2, 0.25) is 0 Å². The van der Waals surface area contributed by atoms with Crippen LogP contribution in [0.25, 0.3) is 11.6 Å². The van der Waals surface area contributed by atoms with E-state index < -0.39 is 0 Å². The van der Waals surface area contributed by atoms with Gasteiger partial charge in [-0.3, -0.25) is 0 Å². The van der Waals surface area contributed by atoms with Crippen molar-refractivity contribution >= 4 is 11.6 Å². The summed E-state index contributed by atoms with van der Waals surface area (Å²) >= 11 is 0. The number of hydrogen-bond donors (Lipinski definition) is 0. The molecule has 15 heavy (non-hydrogen) atoms. The van der Waals surface area contributed by atoms with E-state index in [0.717, 1.165) is 0 Å². The quantitative estimate of drug-likeness (QED) is 0.587. The van der Waals surface area contributed by atoms with Gasteiger partial charge in [0.15, 0.2) is 0 Å². The van der Waals surface area contributed by atoms with E-state index in [4.69, 9.17) is 0 Å². The predicted octanol–water partition coefficient (Wildman–Crippen LogP) is 3.74. The highest BCUT2D eigenvalue weighted by Crippen LogP contribution is 2.47. The van der Waals surface area contributed by atoms with Crippen LogP contribution in [0.4, 0.5) is 0 Å². The molecule has 0 bridgehead atoms. The Hall–Kier alpha value is -1.56. The molecule has 0 radical (unpaired) electrons. The summed E-state index contributed by atoms with van der Waals surface area (Å²) in [5.41, 5.74) is 9.18. The monoisotopic (exact) mass is 192 g/mol. The highest BCUT2D eigenvalue weighted by molar-refractivity contribution is 6.00. The maximum atomic E-state index is 2.34. The van der Waals surface area contributed by atoms with Crippen molar-refractivity contribution < 1.29 is 0 Å². The van der Waals surface area contributed by atoms with Crippen molar-refractivity contribution in [1.29, 1.82) is 0 Å². The Bertz CT molecular complexity index is 553. The lowest BCUT2D eigenvalue weighted by molar-refractivity contribution is 0.887. The third-order valence-electron chi connectivity index (χ3n) is 3.74. The fourth-order valence-corrected chi connectivity index (χ4v) is 3.09. The smallest absolute Gasteiger partial charge is 0.00733 e. The normalized spacial score (nSPS) is 20.4. The molecule has 0 heteroatoms. The third kappa shape index (κ3) is 0.872. The van der Waals surface area contributed by atoms with Crippen LogP contribution in [0.15, 0.2) is 41.5 Å². The first-order valence-electron chi connectivity index (χ1n) is 5.66. The van der Waals surface area contributed by atoms with E-state index >= 15 is 0 Å². The molecule has 1 aromatic carbocycles. The van der Waals surface area contributed by atoms with Crippen LogP contribution < -0.4 is 0 Å². The Morgan fingerprint density at radius 2 is 2.07 bits per heavy atom. The lowest BCUT2D eigenvalue weighted by Crippen LogP contribution is -2.06. The van der Waals surface area contributed by atoms with Gasteiger partial charge >= 0.3 is 0 Å². The summed E-state index contributed by atoms with van der Waals surface area (Å²) in [4.78, 5) is 0. The van der Waals surface area contributed by atoms with E-state index in [9.17, 15) is 0 Å². The molecular weight excluding hydrogens is 180 g/mol. The number of hydrogen-bond acceptors (Lipinski definition) is 0. The summed E-state index contributed by atoms with van der Waals surface area (Å²) in [5, 5.41) is 0. The maximum Gasteiger partial charge on any atom is -0.00733 e. The first-order valence-corrected chi connectivity index (χ1v) is 5.66. The van der Waals surface area contributed by atoms with Gasteiger partial charge in [0.25, 0.3) is 0 Å².